The van der Waals surface area contributed by atoms with E-state index in [9.17, 15) is 4.79 Å². The summed E-state index contributed by atoms with van der Waals surface area (Å²) in [5, 5.41) is 2.66. The molecule has 1 aromatic carbocycles. The van der Waals surface area contributed by atoms with Gasteiger partial charge in [0.25, 0.3) is 0 Å². The number of para-hydroxylation sites is 1. The van der Waals surface area contributed by atoms with Crippen molar-refractivity contribution in [3.8, 4) is 5.75 Å². The predicted octanol–water partition coefficient (Wildman–Crippen LogP) is 2.72. The first kappa shape index (κ1) is 13.4. The largest absolute Gasteiger partial charge is 0.493 e. The summed E-state index contributed by atoms with van der Waals surface area (Å²) in [6, 6.07) is 7.60. The third kappa shape index (κ3) is 4.76. The van der Waals surface area contributed by atoms with Crippen molar-refractivity contribution in [1.29, 1.82) is 0 Å². The number of rotatable bonds is 5. The van der Waals surface area contributed by atoms with Crippen molar-refractivity contribution in [3.63, 3.8) is 0 Å². The lowest BCUT2D eigenvalue weighted by atomic mass is 10.2. The van der Waals surface area contributed by atoms with Gasteiger partial charge in [-0.2, -0.15) is 0 Å². The maximum Gasteiger partial charge on any atom is 0.407 e. The van der Waals surface area contributed by atoms with Gasteiger partial charge in [-0.05, 0) is 26.8 Å². The second-order valence-corrected chi connectivity index (χ2v) is 3.92. The van der Waals surface area contributed by atoms with Gasteiger partial charge in [0.05, 0.1) is 6.61 Å². The average molecular weight is 237 g/mol. The van der Waals surface area contributed by atoms with Gasteiger partial charge in [0.2, 0.25) is 0 Å². The maximum atomic E-state index is 11.3. The Morgan fingerprint density at radius 2 is 2.06 bits per heavy atom. The number of hydrogen-bond acceptors (Lipinski definition) is 3. The normalized spacial score (nSPS) is 10.1. The highest BCUT2D eigenvalue weighted by atomic mass is 16.5. The van der Waals surface area contributed by atoms with Crippen LogP contribution >= 0.6 is 0 Å². The minimum atomic E-state index is -0.411. The van der Waals surface area contributed by atoms with Crippen molar-refractivity contribution in [2.75, 3.05) is 6.61 Å². The smallest absolute Gasteiger partial charge is 0.407 e. The molecule has 0 spiro atoms. The molecular formula is C13H19NO3. The number of carbonyl (C=O) groups is 1. The summed E-state index contributed by atoms with van der Waals surface area (Å²) in [6.07, 6.45) is -0.411. The number of ether oxygens (including phenoxy) is 2. The van der Waals surface area contributed by atoms with E-state index in [2.05, 4.69) is 5.32 Å². The first-order valence-electron chi connectivity index (χ1n) is 5.77. The van der Waals surface area contributed by atoms with E-state index >= 15 is 0 Å². The van der Waals surface area contributed by atoms with Crippen LogP contribution in [0.25, 0.3) is 0 Å². The van der Waals surface area contributed by atoms with Crippen molar-refractivity contribution >= 4 is 6.09 Å². The van der Waals surface area contributed by atoms with E-state index in [0.717, 1.165) is 11.3 Å². The summed E-state index contributed by atoms with van der Waals surface area (Å²) >= 11 is 0. The maximum absolute atomic E-state index is 11.3. The Labute approximate surface area is 102 Å². The van der Waals surface area contributed by atoms with Crippen molar-refractivity contribution in [2.24, 2.45) is 0 Å². The molecule has 0 radical (unpaired) electrons. The Hall–Kier alpha value is -1.71. The molecule has 0 aliphatic heterocycles. The molecule has 1 rings (SSSR count). The Bertz CT molecular complexity index is 363. The lowest BCUT2D eigenvalue weighted by Gasteiger charge is -2.12. The number of hydrogen-bond donors (Lipinski definition) is 1. The summed E-state index contributed by atoms with van der Waals surface area (Å²) in [4.78, 5) is 11.3. The molecule has 0 atom stereocenters. The van der Waals surface area contributed by atoms with E-state index in [1.54, 1.807) is 0 Å². The Kier molecular flexibility index (Phi) is 5.33. The van der Waals surface area contributed by atoms with Gasteiger partial charge < -0.3 is 14.8 Å². The molecule has 0 heterocycles. The van der Waals surface area contributed by atoms with E-state index in [-0.39, 0.29) is 12.6 Å². The third-order valence-corrected chi connectivity index (χ3v) is 2.04. The number of benzene rings is 1. The van der Waals surface area contributed by atoms with Gasteiger partial charge >= 0.3 is 6.09 Å². The monoisotopic (exact) mass is 237 g/mol. The highest BCUT2D eigenvalue weighted by molar-refractivity contribution is 5.67. The molecule has 17 heavy (non-hydrogen) atoms. The van der Waals surface area contributed by atoms with E-state index in [4.69, 9.17) is 9.47 Å². The fourth-order valence-corrected chi connectivity index (χ4v) is 1.34. The molecule has 0 aliphatic rings. The highest BCUT2D eigenvalue weighted by Crippen LogP contribution is 2.18. The van der Waals surface area contributed by atoms with Crippen molar-refractivity contribution in [1.82, 2.24) is 5.32 Å². The molecular weight excluding hydrogens is 218 g/mol. The van der Waals surface area contributed by atoms with Gasteiger partial charge in [0, 0.05) is 11.6 Å². The number of amides is 1. The molecule has 0 aliphatic carbocycles. The summed E-state index contributed by atoms with van der Waals surface area (Å²) in [6.45, 7) is 6.50. The van der Waals surface area contributed by atoms with Crippen molar-refractivity contribution in [2.45, 2.75) is 33.4 Å². The van der Waals surface area contributed by atoms with E-state index < -0.39 is 6.09 Å². The first-order valence-corrected chi connectivity index (χ1v) is 5.77. The molecule has 94 valence electrons. The molecule has 0 saturated carbocycles. The molecule has 0 fully saturated rings. The number of nitrogens with one attached hydrogen (secondary N) is 1. The van der Waals surface area contributed by atoms with Crippen LogP contribution in [-0.2, 0) is 11.3 Å². The van der Waals surface area contributed by atoms with Crippen LogP contribution in [0.15, 0.2) is 24.3 Å². The zero-order valence-electron chi connectivity index (χ0n) is 10.5. The van der Waals surface area contributed by atoms with E-state index in [1.807, 2.05) is 45.0 Å². The van der Waals surface area contributed by atoms with Crippen LogP contribution in [0.5, 0.6) is 5.75 Å². The van der Waals surface area contributed by atoms with Gasteiger partial charge in [-0.15, -0.1) is 0 Å². The summed E-state index contributed by atoms with van der Waals surface area (Å²) < 4.78 is 10.5. The van der Waals surface area contributed by atoms with Crippen molar-refractivity contribution in [3.05, 3.63) is 29.8 Å². The van der Waals surface area contributed by atoms with Gasteiger partial charge in [0.1, 0.15) is 12.4 Å². The van der Waals surface area contributed by atoms with Crippen LogP contribution in [0.3, 0.4) is 0 Å². The third-order valence-electron chi connectivity index (χ3n) is 2.04. The molecule has 1 N–H and O–H groups in total. The zero-order chi connectivity index (χ0) is 12.7. The van der Waals surface area contributed by atoms with Gasteiger partial charge in [-0.3, -0.25) is 0 Å². The lowest BCUT2D eigenvalue weighted by molar-refractivity contribution is 0.136. The second kappa shape index (κ2) is 6.78. The molecule has 1 amide bonds. The van der Waals surface area contributed by atoms with Crippen LogP contribution < -0.4 is 10.1 Å². The molecule has 0 aromatic heterocycles. The quantitative estimate of drug-likeness (QED) is 0.856. The topological polar surface area (TPSA) is 47.6 Å². The zero-order valence-corrected chi connectivity index (χ0v) is 10.5. The Morgan fingerprint density at radius 3 is 2.71 bits per heavy atom. The van der Waals surface area contributed by atoms with E-state index in [1.165, 1.54) is 0 Å². The van der Waals surface area contributed by atoms with Crippen LogP contribution in [0.1, 0.15) is 26.3 Å². The van der Waals surface area contributed by atoms with E-state index in [0.29, 0.717) is 6.61 Å². The SMILES string of the molecule is CCOc1ccccc1COC(=O)NC(C)C. The highest BCUT2D eigenvalue weighted by Gasteiger charge is 2.07. The minimum absolute atomic E-state index is 0.0737. The summed E-state index contributed by atoms with van der Waals surface area (Å²) in [7, 11) is 0. The standard InChI is InChI=1S/C13H19NO3/c1-4-16-12-8-6-5-7-11(12)9-17-13(15)14-10(2)3/h5-8,10H,4,9H2,1-3H3,(H,14,15). The molecule has 0 saturated heterocycles. The van der Waals surface area contributed by atoms with Crippen LogP contribution in [0.2, 0.25) is 0 Å². The molecule has 0 unspecified atom stereocenters. The molecule has 4 nitrogen and oxygen atoms in total. The second-order valence-electron chi connectivity index (χ2n) is 3.92. The van der Waals surface area contributed by atoms with Crippen molar-refractivity contribution < 1.29 is 14.3 Å². The van der Waals surface area contributed by atoms with Gasteiger partial charge in [0.15, 0.2) is 0 Å². The van der Waals surface area contributed by atoms with Crippen LogP contribution in [0.4, 0.5) is 4.79 Å². The lowest BCUT2D eigenvalue weighted by Crippen LogP contribution is -2.30. The minimum Gasteiger partial charge on any atom is -0.493 e. The fourth-order valence-electron chi connectivity index (χ4n) is 1.34. The predicted molar refractivity (Wildman–Crippen MR) is 66.1 cm³/mol. The number of alkyl carbamates (subject to hydrolysis) is 1. The fraction of sp³-hybridized carbons (Fsp3) is 0.462. The Morgan fingerprint density at radius 1 is 1.35 bits per heavy atom. The Balaban J connectivity index is 2.53. The van der Waals surface area contributed by atoms with Crippen LogP contribution in [0, 0.1) is 0 Å². The van der Waals surface area contributed by atoms with Crippen LogP contribution in [-0.4, -0.2) is 18.7 Å². The number of carbonyl (C=O) groups excluding carboxylic acids is 1. The summed E-state index contributed by atoms with van der Waals surface area (Å²) in [5.74, 6) is 0.757. The summed E-state index contributed by atoms with van der Waals surface area (Å²) in [5.41, 5.74) is 0.869. The molecule has 0 bridgehead atoms. The molecule has 1 aromatic rings. The molecule has 4 heteroatoms. The van der Waals surface area contributed by atoms with Gasteiger partial charge in [-0.25, -0.2) is 4.79 Å². The average Bonchev–Trinajstić information content (AvgIpc) is 2.27. The first-order chi connectivity index (χ1) is 8.13. The van der Waals surface area contributed by atoms with Gasteiger partial charge in [-0.1, -0.05) is 18.2 Å².